The van der Waals surface area contributed by atoms with Crippen molar-refractivity contribution in [2.24, 2.45) is 4.99 Å². The van der Waals surface area contributed by atoms with E-state index in [2.05, 4.69) is 82.2 Å². The highest BCUT2D eigenvalue weighted by Crippen LogP contribution is 2.26. The van der Waals surface area contributed by atoms with Gasteiger partial charge in [0.2, 0.25) is 0 Å². The van der Waals surface area contributed by atoms with Gasteiger partial charge in [-0.2, -0.15) is 10.5 Å². The Kier molecular flexibility index (Phi) is 15.5. The highest BCUT2D eigenvalue weighted by molar-refractivity contribution is 5.81. The molecule has 220 valence electrons. The van der Waals surface area contributed by atoms with Crippen LogP contribution in [0.15, 0.2) is 115 Å². The first kappa shape index (κ1) is 33.9. The number of anilines is 2. The molecule has 0 amide bonds. The zero-order chi connectivity index (χ0) is 31.3. The van der Waals surface area contributed by atoms with Crippen LogP contribution >= 0.6 is 0 Å². The Morgan fingerprint density at radius 3 is 2.35 bits per heavy atom. The molecule has 0 aliphatic heterocycles. The van der Waals surface area contributed by atoms with Crippen molar-refractivity contribution in [2.75, 3.05) is 30.3 Å². The summed E-state index contributed by atoms with van der Waals surface area (Å²) in [6, 6.07) is 18.4. The fourth-order valence-electron chi connectivity index (χ4n) is 4.14. The van der Waals surface area contributed by atoms with Crippen LogP contribution in [0.5, 0.6) is 0 Å². The van der Waals surface area contributed by atoms with Gasteiger partial charge in [0.1, 0.15) is 0 Å². The van der Waals surface area contributed by atoms with Crippen LogP contribution < -0.4 is 16.0 Å². The molecule has 2 aromatic rings. The average Bonchev–Trinajstić information content (AvgIpc) is 3.03. The van der Waals surface area contributed by atoms with Crippen LogP contribution in [0.2, 0.25) is 0 Å². The third-order valence-electron chi connectivity index (χ3n) is 6.34. The van der Waals surface area contributed by atoms with Gasteiger partial charge in [-0.1, -0.05) is 68.5 Å². The van der Waals surface area contributed by atoms with Gasteiger partial charge in [-0.25, -0.2) is 0 Å². The minimum atomic E-state index is 0.463. The summed E-state index contributed by atoms with van der Waals surface area (Å²) in [5.41, 5.74) is 9.43. The highest BCUT2D eigenvalue weighted by atomic mass is 15.1. The number of allylic oxidation sites excluding steroid dienone is 3. The molecule has 0 radical (unpaired) electrons. The molecule has 0 saturated carbocycles. The van der Waals surface area contributed by atoms with Crippen LogP contribution in [0.3, 0.4) is 0 Å². The predicted molar refractivity (Wildman–Crippen MR) is 182 cm³/mol. The first-order valence-corrected chi connectivity index (χ1v) is 14.1. The molecule has 7 nitrogen and oxygen atoms in total. The van der Waals surface area contributed by atoms with Crippen molar-refractivity contribution >= 4 is 29.2 Å². The fourth-order valence-corrected chi connectivity index (χ4v) is 4.14. The van der Waals surface area contributed by atoms with Crippen LogP contribution in [0.4, 0.5) is 11.4 Å². The second-order valence-electron chi connectivity index (χ2n) is 9.43. The molecule has 0 unspecified atom stereocenters. The van der Waals surface area contributed by atoms with Gasteiger partial charge in [-0.3, -0.25) is 4.99 Å². The second-order valence-corrected chi connectivity index (χ2v) is 9.43. The van der Waals surface area contributed by atoms with Gasteiger partial charge >= 0.3 is 0 Å². The van der Waals surface area contributed by atoms with Crippen molar-refractivity contribution in [1.29, 1.82) is 10.5 Å². The first-order valence-electron chi connectivity index (χ1n) is 14.1. The summed E-state index contributed by atoms with van der Waals surface area (Å²) in [5.74, 6) is 0.619. The number of hydrogen-bond acceptors (Lipinski definition) is 7. The molecular formula is C36H41N7. The van der Waals surface area contributed by atoms with Gasteiger partial charge in [0.15, 0.2) is 5.82 Å². The molecule has 0 heterocycles. The van der Waals surface area contributed by atoms with Crippen LogP contribution in [0.1, 0.15) is 42.9 Å². The molecule has 0 bridgehead atoms. The number of nitrogens with one attached hydrogen (secondary N) is 3. The summed E-state index contributed by atoms with van der Waals surface area (Å²) in [7, 11) is 0. The molecule has 0 aromatic heterocycles. The minimum absolute atomic E-state index is 0.463. The van der Waals surface area contributed by atoms with E-state index >= 15 is 0 Å². The van der Waals surface area contributed by atoms with E-state index in [-0.39, 0.29) is 0 Å². The third kappa shape index (κ3) is 12.4. The monoisotopic (exact) mass is 571 g/mol. The van der Waals surface area contributed by atoms with Crippen LogP contribution in [0.25, 0.3) is 11.6 Å². The van der Waals surface area contributed by atoms with E-state index in [9.17, 15) is 0 Å². The molecule has 0 aliphatic carbocycles. The Balaban J connectivity index is 1.96. The predicted octanol–water partition coefficient (Wildman–Crippen LogP) is 7.78. The molecule has 0 spiro atoms. The molecule has 0 aliphatic rings. The quantitative estimate of drug-likeness (QED) is 0.0905. The zero-order valence-electron chi connectivity index (χ0n) is 25.1. The fraction of sp³-hybridized carbons (Fsp3) is 0.222. The van der Waals surface area contributed by atoms with E-state index in [1.807, 2.05) is 49.4 Å². The van der Waals surface area contributed by atoms with Crippen LogP contribution in [-0.4, -0.2) is 30.7 Å². The molecule has 43 heavy (non-hydrogen) atoms. The molecular weight excluding hydrogens is 530 g/mol. The van der Waals surface area contributed by atoms with Gasteiger partial charge in [0.25, 0.3) is 0 Å². The van der Waals surface area contributed by atoms with Crippen molar-refractivity contribution in [3.05, 3.63) is 127 Å². The van der Waals surface area contributed by atoms with Crippen molar-refractivity contribution < 1.29 is 0 Å². The molecule has 2 rings (SSSR count). The van der Waals surface area contributed by atoms with Gasteiger partial charge in [-0.05, 0) is 65.9 Å². The van der Waals surface area contributed by atoms with Crippen LogP contribution in [-0.2, 0) is 6.54 Å². The normalized spacial score (nSPS) is 11.0. The smallest absolute Gasteiger partial charge is 0.152 e. The van der Waals surface area contributed by atoms with Gasteiger partial charge in [0.05, 0.1) is 12.1 Å². The van der Waals surface area contributed by atoms with Gasteiger partial charge < -0.3 is 20.9 Å². The van der Waals surface area contributed by atoms with Crippen molar-refractivity contribution in [2.45, 2.75) is 32.7 Å². The Morgan fingerprint density at radius 1 is 1.00 bits per heavy atom. The number of rotatable bonds is 19. The van der Waals surface area contributed by atoms with E-state index in [1.165, 1.54) is 0 Å². The summed E-state index contributed by atoms with van der Waals surface area (Å²) in [6.07, 6.45) is 12.9. The molecule has 0 atom stereocenters. The summed E-state index contributed by atoms with van der Waals surface area (Å²) in [4.78, 5) is 6.36. The average molecular weight is 572 g/mol. The van der Waals surface area contributed by atoms with Crippen molar-refractivity contribution in [1.82, 2.24) is 10.2 Å². The second kappa shape index (κ2) is 19.7. The summed E-state index contributed by atoms with van der Waals surface area (Å²) in [5, 5.41) is 27.7. The summed E-state index contributed by atoms with van der Waals surface area (Å²) >= 11 is 0. The lowest BCUT2D eigenvalue weighted by atomic mass is 9.99. The van der Waals surface area contributed by atoms with E-state index in [0.29, 0.717) is 38.3 Å². The molecule has 2 aromatic carbocycles. The highest BCUT2D eigenvalue weighted by Gasteiger charge is 2.07. The van der Waals surface area contributed by atoms with Gasteiger partial charge in [-0.15, -0.1) is 0 Å². The van der Waals surface area contributed by atoms with Crippen LogP contribution in [0, 0.1) is 22.7 Å². The first-order chi connectivity index (χ1) is 21.0. The summed E-state index contributed by atoms with van der Waals surface area (Å²) < 4.78 is 0. The number of hydrogen-bond donors (Lipinski definition) is 3. The largest absolute Gasteiger partial charge is 0.381 e. The standard InChI is InChI=1S/C36H41N7/c1-6-31-26-34(18-19-35(31)32(7-2)28-39-9-4)42-36(8-3)41-33-17-12-16-30(25-33)27-40-29(5)15-10-11-22-43(23-13-20-37)24-14-21-38/h6-7,9-10,12,15-19,25-26,28,40-42H,1-3,5,11,13-14,22-24,27H2,4H3/b15-10+,32-28+,39-9?. The maximum atomic E-state index is 8.84. The maximum Gasteiger partial charge on any atom is 0.152 e. The Labute approximate surface area is 257 Å². The molecule has 3 N–H and O–H groups in total. The Hall–Kier alpha value is -5.33. The number of benzene rings is 2. The summed E-state index contributed by atoms with van der Waals surface area (Å²) in [6.45, 7) is 20.5. The molecule has 7 heteroatoms. The Morgan fingerprint density at radius 2 is 1.72 bits per heavy atom. The molecule has 0 saturated heterocycles. The lowest BCUT2D eigenvalue weighted by molar-refractivity contribution is 0.292. The van der Waals surface area contributed by atoms with E-state index in [4.69, 9.17) is 10.5 Å². The molecule has 0 fully saturated rings. The number of nitrogens with zero attached hydrogens (tertiary/aromatic N) is 4. The topological polar surface area (TPSA) is 99.3 Å². The third-order valence-corrected chi connectivity index (χ3v) is 6.34. The van der Waals surface area contributed by atoms with E-state index in [0.717, 1.165) is 52.3 Å². The van der Waals surface area contributed by atoms with E-state index < -0.39 is 0 Å². The SMILES string of the molecule is C=C=C(Nc1cccc(CNC(=C)/C=C/CCN(CCC#N)CCC#N)c1)Nc1ccc(/C(C=C)=C/N=CC)c(C=C)c1. The number of aliphatic imine (C=N–C) groups is 1. The maximum absolute atomic E-state index is 8.84. The number of nitriles is 2. The zero-order valence-corrected chi connectivity index (χ0v) is 25.1. The minimum Gasteiger partial charge on any atom is -0.381 e. The van der Waals surface area contributed by atoms with Crippen molar-refractivity contribution in [3.8, 4) is 12.1 Å². The lowest BCUT2D eigenvalue weighted by Crippen LogP contribution is -2.26. The van der Waals surface area contributed by atoms with Gasteiger partial charge in [0, 0.05) is 68.5 Å². The lowest BCUT2D eigenvalue weighted by Gasteiger charge is -2.18. The Bertz CT molecular complexity index is 1460. The van der Waals surface area contributed by atoms with Crippen molar-refractivity contribution in [3.63, 3.8) is 0 Å². The van der Waals surface area contributed by atoms with E-state index in [1.54, 1.807) is 24.6 Å².